The predicted octanol–water partition coefficient (Wildman–Crippen LogP) is 2.33. The molecule has 0 bridgehead atoms. The van der Waals surface area contributed by atoms with Gasteiger partial charge in [0.1, 0.15) is 0 Å². The normalized spacial score (nSPS) is 13.4. The van der Waals surface area contributed by atoms with Crippen LogP contribution in [-0.4, -0.2) is 15.8 Å². The summed E-state index contributed by atoms with van der Waals surface area (Å²) in [5.74, 6) is 0. The molecule has 1 heterocycles. The number of aliphatic hydroxyl groups excluding tert-OH is 1. The summed E-state index contributed by atoms with van der Waals surface area (Å²) < 4.78 is 2.11. The Kier molecular flexibility index (Phi) is 2.30. The molecule has 2 rings (SSSR count). The van der Waals surface area contributed by atoms with E-state index in [4.69, 9.17) is 0 Å². The van der Waals surface area contributed by atoms with Gasteiger partial charge in [-0.3, -0.25) is 0 Å². The molecule has 0 radical (unpaired) electrons. The second kappa shape index (κ2) is 3.46. The molecule has 0 saturated heterocycles. The smallest absolute Gasteiger partial charge is 0.0691 e. The molecule has 1 aromatic carbocycles. The maximum atomic E-state index is 9.35. The summed E-state index contributed by atoms with van der Waals surface area (Å²) in [6, 6.07) is 8.27. The molecule has 1 N–H and O–H groups in total. The standard InChI is InChI=1S/C12H15NO/c1-9-7-13(8-10(2)14)12-6-4-3-5-11(9)12/h3-7,10,14H,8H2,1-2H3. The largest absolute Gasteiger partial charge is 0.392 e. The summed E-state index contributed by atoms with van der Waals surface area (Å²) in [5, 5.41) is 10.6. The van der Waals surface area contributed by atoms with Crippen LogP contribution in [0.15, 0.2) is 30.5 Å². The third kappa shape index (κ3) is 1.53. The summed E-state index contributed by atoms with van der Waals surface area (Å²) in [4.78, 5) is 0. The number of rotatable bonds is 2. The van der Waals surface area contributed by atoms with Crippen molar-refractivity contribution in [2.24, 2.45) is 0 Å². The average molecular weight is 189 g/mol. The van der Waals surface area contributed by atoms with Gasteiger partial charge in [-0.1, -0.05) is 18.2 Å². The number of aliphatic hydroxyl groups is 1. The van der Waals surface area contributed by atoms with Crippen molar-refractivity contribution in [3.8, 4) is 0 Å². The average Bonchev–Trinajstić information content (AvgIpc) is 2.44. The fourth-order valence-corrected chi connectivity index (χ4v) is 1.87. The van der Waals surface area contributed by atoms with E-state index in [0.29, 0.717) is 6.54 Å². The maximum Gasteiger partial charge on any atom is 0.0691 e. The van der Waals surface area contributed by atoms with E-state index < -0.39 is 0 Å². The molecule has 0 aliphatic heterocycles. The second-order valence-corrected chi connectivity index (χ2v) is 3.83. The molecular formula is C12H15NO. The molecule has 0 aliphatic carbocycles. The number of hydrogen-bond donors (Lipinski definition) is 1. The summed E-state index contributed by atoms with van der Waals surface area (Å²) >= 11 is 0. The Morgan fingerprint density at radius 3 is 2.79 bits per heavy atom. The van der Waals surface area contributed by atoms with Crippen LogP contribution in [0.2, 0.25) is 0 Å². The lowest BCUT2D eigenvalue weighted by Gasteiger charge is -2.06. The Bertz CT molecular complexity index is 443. The van der Waals surface area contributed by atoms with E-state index in [-0.39, 0.29) is 6.10 Å². The third-order valence-electron chi connectivity index (χ3n) is 2.45. The summed E-state index contributed by atoms with van der Waals surface area (Å²) in [6.45, 7) is 4.57. The van der Waals surface area contributed by atoms with Crippen LogP contribution in [0.3, 0.4) is 0 Å². The molecule has 0 amide bonds. The number of hydrogen-bond acceptors (Lipinski definition) is 1. The molecule has 0 saturated carbocycles. The first-order valence-electron chi connectivity index (χ1n) is 4.91. The Balaban J connectivity index is 2.55. The van der Waals surface area contributed by atoms with Crippen LogP contribution in [0, 0.1) is 6.92 Å². The zero-order chi connectivity index (χ0) is 10.1. The predicted molar refractivity (Wildman–Crippen MR) is 58.4 cm³/mol. The molecule has 2 heteroatoms. The van der Waals surface area contributed by atoms with Gasteiger partial charge < -0.3 is 9.67 Å². The Hall–Kier alpha value is -1.28. The van der Waals surface area contributed by atoms with Gasteiger partial charge >= 0.3 is 0 Å². The van der Waals surface area contributed by atoms with E-state index in [2.05, 4.69) is 29.8 Å². The Labute approximate surface area is 83.8 Å². The van der Waals surface area contributed by atoms with Crippen LogP contribution >= 0.6 is 0 Å². The molecule has 1 aromatic heterocycles. The molecule has 0 aliphatic rings. The molecular weight excluding hydrogens is 174 g/mol. The molecule has 14 heavy (non-hydrogen) atoms. The van der Waals surface area contributed by atoms with Gasteiger partial charge in [0.25, 0.3) is 0 Å². The fraction of sp³-hybridized carbons (Fsp3) is 0.333. The highest BCUT2D eigenvalue weighted by molar-refractivity contribution is 5.83. The minimum absolute atomic E-state index is 0.301. The number of nitrogens with zero attached hydrogens (tertiary/aromatic N) is 1. The fourth-order valence-electron chi connectivity index (χ4n) is 1.87. The van der Waals surface area contributed by atoms with Crippen molar-refractivity contribution in [2.75, 3.05) is 0 Å². The van der Waals surface area contributed by atoms with E-state index in [1.165, 1.54) is 16.5 Å². The third-order valence-corrected chi connectivity index (χ3v) is 2.45. The van der Waals surface area contributed by atoms with Crippen molar-refractivity contribution in [1.29, 1.82) is 0 Å². The summed E-state index contributed by atoms with van der Waals surface area (Å²) in [7, 11) is 0. The van der Waals surface area contributed by atoms with Crippen molar-refractivity contribution in [3.63, 3.8) is 0 Å². The number of benzene rings is 1. The topological polar surface area (TPSA) is 25.2 Å². The minimum Gasteiger partial charge on any atom is -0.392 e. The van der Waals surface area contributed by atoms with E-state index >= 15 is 0 Å². The summed E-state index contributed by atoms with van der Waals surface area (Å²) in [5.41, 5.74) is 2.46. The molecule has 1 unspecified atom stereocenters. The number of aryl methyl sites for hydroxylation is 1. The lowest BCUT2D eigenvalue weighted by molar-refractivity contribution is 0.175. The Morgan fingerprint density at radius 2 is 2.07 bits per heavy atom. The first-order valence-corrected chi connectivity index (χ1v) is 4.91. The molecule has 2 aromatic rings. The number of aromatic nitrogens is 1. The van der Waals surface area contributed by atoms with Crippen LogP contribution in [-0.2, 0) is 6.54 Å². The van der Waals surface area contributed by atoms with Crippen molar-refractivity contribution >= 4 is 10.9 Å². The van der Waals surface area contributed by atoms with Crippen LogP contribution in [0.25, 0.3) is 10.9 Å². The van der Waals surface area contributed by atoms with E-state index in [0.717, 1.165) is 0 Å². The monoisotopic (exact) mass is 189 g/mol. The Morgan fingerprint density at radius 1 is 1.36 bits per heavy atom. The maximum absolute atomic E-state index is 9.35. The van der Waals surface area contributed by atoms with Crippen LogP contribution in [0.4, 0.5) is 0 Å². The van der Waals surface area contributed by atoms with Gasteiger partial charge in [-0.2, -0.15) is 0 Å². The molecule has 74 valence electrons. The zero-order valence-electron chi connectivity index (χ0n) is 8.57. The number of fused-ring (bicyclic) bond motifs is 1. The summed E-state index contributed by atoms with van der Waals surface area (Å²) in [6.07, 6.45) is 1.79. The molecule has 2 nitrogen and oxygen atoms in total. The van der Waals surface area contributed by atoms with Crippen LogP contribution in [0.5, 0.6) is 0 Å². The van der Waals surface area contributed by atoms with E-state index in [1.54, 1.807) is 0 Å². The first-order chi connectivity index (χ1) is 6.68. The molecule has 0 spiro atoms. The highest BCUT2D eigenvalue weighted by Gasteiger charge is 2.05. The van der Waals surface area contributed by atoms with Gasteiger partial charge in [0.05, 0.1) is 6.10 Å². The van der Waals surface area contributed by atoms with Gasteiger partial charge in [-0.25, -0.2) is 0 Å². The van der Waals surface area contributed by atoms with Crippen molar-refractivity contribution in [2.45, 2.75) is 26.5 Å². The van der Waals surface area contributed by atoms with Gasteiger partial charge in [-0.05, 0) is 25.5 Å². The zero-order valence-corrected chi connectivity index (χ0v) is 8.57. The number of para-hydroxylation sites is 1. The van der Waals surface area contributed by atoms with Crippen LogP contribution in [0.1, 0.15) is 12.5 Å². The minimum atomic E-state index is -0.301. The van der Waals surface area contributed by atoms with Gasteiger partial charge in [0.2, 0.25) is 0 Å². The van der Waals surface area contributed by atoms with Gasteiger partial charge in [0.15, 0.2) is 0 Å². The van der Waals surface area contributed by atoms with E-state index in [9.17, 15) is 5.11 Å². The van der Waals surface area contributed by atoms with Crippen molar-refractivity contribution in [1.82, 2.24) is 4.57 Å². The molecule has 0 fully saturated rings. The van der Waals surface area contributed by atoms with Gasteiger partial charge in [0, 0.05) is 23.6 Å². The van der Waals surface area contributed by atoms with Crippen LogP contribution < -0.4 is 0 Å². The second-order valence-electron chi connectivity index (χ2n) is 3.83. The quantitative estimate of drug-likeness (QED) is 0.770. The first kappa shape index (κ1) is 9.28. The lowest BCUT2D eigenvalue weighted by atomic mass is 10.2. The van der Waals surface area contributed by atoms with E-state index in [1.807, 2.05) is 19.1 Å². The highest BCUT2D eigenvalue weighted by Crippen LogP contribution is 2.20. The molecule has 1 atom stereocenters. The van der Waals surface area contributed by atoms with Crippen molar-refractivity contribution in [3.05, 3.63) is 36.0 Å². The lowest BCUT2D eigenvalue weighted by Crippen LogP contribution is -2.10. The highest BCUT2D eigenvalue weighted by atomic mass is 16.3. The van der Waals surface area contributed by atoms with Gasteiger partial charge in [-0.15, -0.1) is 0 Å². The van der Waals surface area contributed by atoms with Crippen molar-refractivity contribution < 1.29 is 5.11 Å². The SMILES string of the molecule is Cc1cn(CC(C)O)c2ccccc12.